The topological polar surface area (TPSA) is 49.4 Å². The fourth-order valence-electron chi connectivity index (χ4n) is 4.49. The first-order valence-electron chi connectivity index (χ1n) is 10.6. The first kappa shape index (κ1) is 20.1. The number of amides is 1. The number of carbonyl (C=O) groups is 2. The molecule has 2 saturated heterocycles. The smallest absolute Gasteiger partial charge is 0.225 e. The van der Waals surface area contributed by atoms with Crippen LogP contribution in [0.3, 0.4) is 0 Å². The Hall–Kier alpha value is -1.68. The molecule has 148 valence electrons. The Morgan fingerprint density at radius 2 is 1.74 bits per heavy atom. The van der Waals surface area contributed by atoms with Crippen molar-refractivity contribution in [3.8, 4) is 0 Å². The summed E-state index contributed by atoms with van der Waals surface area (Å²) in [5, 5.41) is 3.41. The Kier molecular flexibility index (Phi) is 6.69. The Morgan fingerprint density at radius 1 is 1.07 bits per heavy atom. The highest BCUT2D eigenvalue weighted by Gasteiger charge is 2.32. The maximum Gasteiger partial charge on any atom is 0.225 e. The van der Waals surface area contributed by atoms with Crippen LogP contribution < -0.4 is 5.32 Å². The SMILES string of the molecule is CC(C)Cc1ccc(C(=O)C2CCN(C(=O)[C@H]3CCN[C@@H](C)C3)CC2)cc1. The summed E-state index contributed by atoms with van der Waals surface area (Å²) in [6.07, 6.45) is 4.49. The molecular weight excluding hydrogens is 336 g/mol. The van der Waals surface area contributed by atoms with Crippen molar-refractivity contribution in [2.24, 2.45) is 17.8 Å². The predicted octanol–water partition coefficient (Wildman–Crippen LogP) is 3.69. The zero-order chi connectivity index (χ0) is 19.4. The first-order valence-corrected chi connectivity index (χ1v) is 10.6. The molecule has 1 aromatic carbocycles. The maximum atomic E-state index is 12.8. The summed E-state index contributed by atoms with van der Waals surface area (Å²) < 4.78 is 0. The molecule has 2 heterocycles. The zero-order valence-corrected chi connectivity index (χ0v) is 17.0. The highest BCUT2D eigenvalue weighted by atomic mass is 16.2. The third kappa shape index (κ3) is 5.19. The second-order valence-corrected chi connectivity index (χ2v) is 8.84. The summed E-state index contributed by atoms with van der Waals surface area (Å²) in [6.45, 7) is 8.94. The lowest BCUT2D eigenvalue weighted by Gasteiger charge is -2.36. The third-order valence-corrected chi connectivity index (χ3v) is 6.03. The van der Waals surface area contributed by atoms with Crippen LogP contribution >= 0.6 is 0 Å². The standard InChI is InChI=1S/C23H34N2O2/c1-16(2)14-18-4-6-19(7-5-18)22(26)20-9-12-25(13-10-20)23(27)21-8-11-24-17(3)15-21/h4-7,16-17,20-21,24H,8-15H2,1-3H3/t17-,21-/m0/s1. The average molecular weight is 371 g/mol. The van der Waals surface area contributed by atoms with Gasteiger partial charge in [-0.05, 0) is 57.1 Å². The van der Waals surface area contributed by atoms with Crippen molar-refractivity contribution in [1.29, 1.82) is 0 Å². The van der Waals surface area contributed by atoms with E-state index in [1.165, 1.54) is 5.56 Å². The summed E-state index contributed by atoms with van der Waals surface area (Å²) in [5.74, 6) is 1.37. The average Bonchev–Trinajstić information content (AvgIpc) is 2.67. The van der Waals surface area contributed by atoms with Gasteiger partial charge >= 0.3 is 0 Å². The number of hydrogen-bond donors (Lipinski definition) is 1. The van der Waals surface area contributed by atoms with E-state index in [9.17, 15) is 9.59 Å². The number of piperidine rings is 2. The number of carbonyl (C=O) groups excluding carboxylic acids is 2. The first-order chi connectivity index (χ1) is 12.9. The molecule has 0 radical (unpaired) electrons. The summed E-state index contributed by atoms with van der Waals surface area (Å²) in [5.41, 5.74) is 2.11. The van der Waals surface area contributed by atoms with E-state index in [1.807, 2.05) is 17.0 Å². The van der Waals surface area contributed by atoms with Crippen LogP contribution in [0.4, 0.5) is 0 Å². The lowest BCUT2D eigenvalue weighted by atomic mass is 9.86. The van der Waals surface area contributed by atoms with Crippen molar-refractivity contribution >= 4 is 11.7 Å². The van der Waals surface area contributed by atoms with Crippen LogP contribution in [-0.4, -0.2) is 42.3 Å². The van der Waals surface area contributed by atoms with Gasteiger partial charge < -0.3 is 10.2 Å². The molecule has 0 unspecified atom stereocenters. The lowest BCUT2D eigenvalue weighted by molar-refractivity contribution is -0.138. The fraction of sp³-hybridized carbons (Fsp3) is 0.652. The zero-order valence-electron chi connectivity index (χ0n) is 17.0. The van der Waals surface area contributed by atoms with Crippen LogP contribution in [0, 0.1) is 17.8 Å². The molecule has 27 heavy (non-hydrogen) atoms. The summed E-state index contributed by atoms with van der Waals surface area (Å²) in [7, 11) is 0. The number of rotatable bonds is 5. The van der Waals surface area contributed by atoms with Crippen LogP contribution in [0.15, 0.2) is 24.3 Å². The van der Waals surface area contributed by atoms with Gasteiger partial charge in [0.2, 0.25) is 5.91 Å². The molecule has 2 fully saturated rings. The number of ketones is 1. The molecule has 0 aliphatic carbocycles. The summed E-state index contributed by atoms with van der Waals surface area (Å²) >= 11 is 0. The van der Waals surface area contributed by atoms with Crippen LogP contribution in [0.5, 0.6) is 0 Å². The van der Waals surface area contributed by atoms with Gasteiger partial charge in [-0.25, -0.2) is 0 Å². The van der Waals surface area contributed by atoms with Gasteiger partial charge in [-0.2, -0.15) is 0 Å². The van der Waals surface area contributed by atoms with Crippen LogP contribution in [0.2, 0.25) is 0 Å². The molecule has 0 spiro atoms. The molecule has 4 heteroatoms. The van der Waals surface area contributed by atoms with Crippen molar-refractivity contribution in [2.75, 3.05) is 19.6 Å². The number of Topliss-reactive ketones (excluding diaryl/α,β-unsaturated/α-hetero) is 1. The minimum atomic E-state index is 0.0527. The van der Waals surface area contributed by atoms with Gasteiger partial charge in [0.15, 0.2) is 5.78 Å². The van der Waals surface area contributed by atoms with Gasteiger partial charge in [0.25, 0.3) is 0 Å². The number of likely N-dealkylation sites (tertiary alicyclic amines) is 1. The van der Waals surface area contributed by atoms with E-state index in [4.69, 9.17) is 0 Å². The fourth-order valence-corrected chi connectivity index (χ4v) is 4.49. The number of hydrogen-bond acceptors (Lipinski definition) is 3. The number of benzene rings is 1. The van der Waals surface area contributed by atoms with Gasteiger partial charge in [0, 0.05) is 36.5 Å². The Balaban J connectivity index is 1.52. The summed E-state index contributed by atoms with van der Waals surface area (Å²) in [4.78, 5) is 27.6. The van der Waals surface area contributed by atoms with E-state index in [0.29, 0.717) is 17.9 Å². The molecule has 1 N–H and O–H groups in total. The molecule has 0 saturated carbocycles. The summed E-state index contributed by atoms with van der Waals surface area (Å²) in [6, 6.07) is 8.56. The molecule has 3 rings (SSSR count). The van der Waals surface area contributed by atoms with Gasteiger partial charge in [-0.3, -0.25) is 9.59 Å². The van der Waals surface area contributed by atoms with Crippen molar-refractivity contribution in [1.82, 2.24) is 10.2 Å². The molecule has 1 aromatic rings. The molecule has 0 aromatic heterocycles. The Morgan fingerprint density at radius 3 is 2.33 bits per heavy atom. The minimum absolute atomic E-state index is 0.0527. The van der Waals surface area contributed by atoms with E-state index < -0.39 is 0 Å². The third-order valence-electron chi connectivity index (χ3n) is 6.03. The van der Waals surface area contributed by atoms with Crippen molar-refractivity contribution in [3.05, 3.63) is 35.4 Å². The molecular formula is C23H34N2O2. The molecule has 0 bridgehead atoms. The Labute approximate surface area is 163 Å². The van der Waals surface area contributed by atoms with E-state index in [0.717, 1.165) is 57.3 Å². The molecule has 2 aliphatic rings. The van der Waals surface area contributed by atoms with Crippen molar-refractivity contribution in [3.63, 3.8) is 0 Å². The minimum Gasteiger partial charge on any atom is -0.342 e. The number of nitrogens with one attached hydrogen (secondary N) is 1. The quantitative estimate of drug-likeness (QED) is 0.804. The molecule has 2 atom stereocenters. The van der Waals surface area contributed by atoms with Crippen LogP contribution in [0.1, 0.15) is 62.4 Å². The normalized spacial score (nSPS) is 24.2. The molecule has 2 aliphatic heterocycles. The van der Waals surface area contributed by atoms with E-state index in [-0.39, 0.29) is 17.6 Å². The predicted molar refractivity (Wildman–Crippen MR) is 109 cm³/mol. The van der Waals surface area contributed by atoms with Crippen LogP contribution in [0.25, 0.3) is 0 Å². The van der Waals surface area contributed by atoms with Gasteiger partial charge in [0.1, 0.15) is 0 Å². The van der Waals surface area contributed by atoms with Gasteiger partial charge in [-0.1, -0.05) is 38.1 Å². The highest BCUT2D eigenvalue weighted by Crippen LogP contribution is 2.26. The van der Waals surface area contributed by atoms with E-state index >= 15 is 0 Å². The van der Waals surface area contributed by atoms with Crippen molar-refractivity contribution < 1.29 is 9.59 Å². The monoisotopic (exact) mass is 370 g/mol. The Bertz CT molecular complexity index is 645. The van der Waals surface area contributed by atoms with Crippen molar-refractivity contribution in [2.45, 2.75) is 58.9 Å². The largest absolute Gasteiger partial charge is 0.342 e. The van der Waals surface area contributed by atoms with Gasteiger partial charge in [-0.15, -0.1) is 0 Å². The second kappa shape index (κ2) is 9.01. The van der Waals surface area contributed by atoms with E-state index in [2.05, 4.69) is 38.2 Å². The lowest BCUT2D eigenvalue weighted by Crippen LogP contribution is -2.47. The molecule has 1 amide bonds. The molecule has 4 nitrogen and oxygen atoms in total. The van der Waals surface area contributed by atoms with E-state index in [1.54, 1.807) is 0 Å². The highest BCUT2D eigenvalue weighted by molar-refractivity contribution is 5.98. The van der Waals surface area contributed by atoms with Crippen LogP contribution in [-0.2, 0) is 11.2 Å². The van der Waals surface area contributed by atoms with Gasteiger partial charge in [0.05, 0.1) is 0 Å². The maximum absolute atomic E-state index is 12.8. The second-order valence-electron chi connectivity index (χ2n) is 8.84. The number of nitrogens with zero attached hydrogens (tertiary/aromatic N) is 1.